The van der Waals surface area contributed by atoms with E-state index in [1.807, 2.05) is 6.07 Å². The third kappa shape index (κ3) is 8.44. The minimum atomic E-state index is 0.265. The number of Topliss-reactive ketones (excluding diaryl/α,β-unsaturated/α-hetero) is 2. The van der Waals surface area contributed by atoms with E-state index in [-0.39, 0.29) is 5.78 Å². The van der Waals surface area contributed by atoms with Gasteiger partial charge in [-0.25, -0.2) is 0 Å². The van der Waals surface area contributed by atoms with Crippen molar-refractivity contribution in [3.05, 3.63) is 35.9 Å². The Morgan fingerprint density at radius 1 is 0.905 bits per heavy atom. The van der Waals surface area contributed by atoms with Crippen LogP contribution in [0.25, 0.3) is 0 Å². The lowest BCUT2D eigenvalue weighted by Crippen LogP contribution is -2.02. The van der Waals surface area contributed by atoms with Crippen molar-refractivity contribution in [2.45, 2.75) is 71.1 Å². The van der Waals surface area contributed by atoms with Crippen molar-refractivity contribution in [1.29, 1.82) is 0 Å². The molecular weight excluding hydrogens is 260 g/mol. The third-order valence-electron chi connectivity index (χ3n) is 3.96. The minimum absolute atomic E-state index is 0.265. The lowest BCUT2D eigenvalue weighted by atomic mass is 9.94. The largest absolute Gasteiger partial charge is 0.300 e. The smallest absolute Gasteiger partial charge is 0.132 e. The van der Waals surface area contributed by atoms with Crippen molar-refractivity contribution in [2.75, 3.05) is 0 Å². The zero-order valence-corrected chi connectivity index (χ0v) is 13.4. The maximum absolute atomic E-state index is 11.9. The maximum Gasteiger partial charge on any atom is 0.132 e. The van der Waals surface area contributed by atoms with Gasteiger partial charge in [-0.15, -0.1) is 0 Å². The van der Waals surface area contributed by atoms with E-state index in [1.54, 1.807) is 6.92 Å². The summed E-state index contributed by atoms with van der Waals surface area (Å²) in [5.41, 5.74) is 1.31. The first-order chi connectivity index (χ1) is 10.1. The van der Waals surface area contributed by atoms with Gasteiger partial charge in [0, 0.05) is 19.3 Å². The van der Waals surface area contributed by atoms with E-state index in [2.05, 4.69) is 31.2 Å². The van der Waals surface area contributed by atoms with E-state index in [0.29, 0.717) is 31.0 Å². The molecule has 0 heterocycles. The van der Waals surface area contributed by atoms with Crippen LogP contribution in [0.5, 0.6) is 0 Å². The summed E-state index contributed by atoms with van der Waals surface area (Å²) in [6.07, 6.45) is 7.06. The van der Waals surface area contributed by atoms with Crippen molar-refractivity contribution in [3.8, 4) is 0 Å². The molecule has 0 N–H and O–H groups in total. The second-order valence-corrected chi connectivity index (χ2v) is 6.01. The van der Waals surface area contributed by atoms with Crippen LogP contribution in [0.4, 0.5) is 0 Å². The molecule has 1 unspecified atom stereocenters. The number of hydrogen-bond donors (Lipinski definition) is 0. The number of carbonyl (C=O) groups excluding carboxylic acids is 2. The normalized spacial score (nSPS) is 12.1. The molecular formula is C19H28O2. The van der Waals surface area contributed by atoms with Crippen LogP contribution in [0, 0.1) is 0 Å². The average molecular weight is 288 g/mol. The molecule has 116 valence electrons. The first kappa shape index (κ1) is 17.6. The highest BCUT2D eigenvalue weighted by Crippen LogP contribution is 2.20. The Labute approximate surface area is 128 Å². The molecule has 0 saturated carbocycles. The Hall–Kier alpha value is -1.44. The monoisotopic (exact) mass is 288 g/mol. The van der Waals surface area contributed by atoms with Crippen LogP contribution in [-0.2, 0) is 9.59 Å². The van der Waals surface area contributed by atoms with Crippen molar-refractivity contribution >= 4 is 11.6 Å². The van der Waals surface area contributed by atoms with E-state index < -0.39 is 0 Å². The number of unbranched alkanes of at least 4 members (excludes halogenated alkanes) is 3. The summed E-state index contributed by atoms with van der Waals surface area (Å²) >= 11 is 0. The predicted molar refractivity (Wildman–Crippen MR) is 87.5 cm³/mol. The standard InChI is InChI=1S/C19H28O2/c1-16(18-11-7-5-8-12-18)14-15-19(21)13-9-4-3-6-10-17(2)20/h5,7-8,11-12,16H,3-4,6,9-10,13-15H2,1-2H3. The summed E-state index contributed by atoms with van der Waals surface area (Å²) in [5, 5.41) is 0. The highest BCUT2D eigenvalue weighted by molar-refractivity contribution is 5.78. The summed E-state index contributed by atoms with van der Waals surface area (Å²) in [4.78, 5) is 22.7. The quantitative estimate of drug-likeness (QED) is 0.533. The van der Waals surface area contributed by atoms with Crippen LogP contribution in [0.3, 0.4) is 0 Å². The molecule has 1 atom stereocenters. The van der Waals surface area contributed by atoms with Gasteiger partial charge in [0.2, 0.25) is 0 Å². The van der Waals surface area contributed by atoms with Gasteiger partial charge in [-0.2, -0.15) is 0 Å². The summed E-state index contributed by atoms with van der Waals surface area (Å²) in [7, 11) is 0. The number of benzene rings is 1. The summed E-state index contributed by atoms with van der Waals surface area (Å²) in [5.74, 6) is 1.09. The molecule has 0 aliphatic carbocycles. The van der Waals surface area contributed by atoms with Gasteiger partial charge in [-0.3, -0.25) is 4.79 Å². The zero-order valence-electron chi connectivity index (χ0n) is 13.4. The van der Waals surface area contributed by atoms with Gasteiger partial charge in [0.15, 0.2) is 0 Å². The Balaban J connectivity index is 2.07. The van der Waals surface area contributed by atoms with E-state index in [0.717, 1.165) is 32.1 Å². The second kappa shape index (κ2) is 10.3. The first-order valence-corrected chi connectivity index (χ1v) is 8.15. The Morgan fingerprint density at radius 2 is 1.52 bits per heavy atom. The van der Waals surface area contributed by atoms with Crippen molar-refractivity contribution in [2.24, 2.45) is 0 Å². The zero-order chi connectivity index (χ0) is 15.5. The molecule has 0 amide bonds. The van der Waals surface area contributed by atoms with Gasteiger partial charge in [0.1, 0.15) is 11.6 Å². The lowest BCUT2D eigenvalue weighted by Gasteiger charge is -2.11. The summed E-state index contributed by atoms with van der Waals surface area (Å²) in [6, 6.07) is 10.4. The Bertz CT molecular complexity index is 422. The fraction of sp³-hybridized carbons (Fsp3) is 0.579. The molecule has 1 rings (SSSR count). The number of ketones is 2. The van der Waals surface area contributed by atoms with Gasteiger partial charge in [0.25, 0.3) is 0 Å². The molecule has 0 aliphatic heterocycles. The van der Waals surface area contributed by atoms with Crippen LogP contribution >= 0.6 is 0 Å². The molecule has 2 nitrogen and oxygen atoms in total. The molecule has 21 heavy (non-hydrogen) atoms. The highest BCUT2D eigenvalue weighted by atomic mass is 16.1. The fourth-order valence-electron chi connectivity index (χ4n) is 2.50. The molecule has 2 heteroatoms. The summed E-state index contributed by atoms with van der Waals surface area (Å²) in [6.45, 7) is 3.82. The minimum Gasteiger partial charge on any atom is -0.300 e. The third-order valence-corrected chi connectivity index (χ3v) is 3.96. The Kier molecular flexibility index (Phi) is 8.65. The molecule has 0 bridgehead atoms. The molecule has 0 aromatic heterocycles. The van der Waals surface area contributed by atoms with Crippen LogP contribution in [0.15, 0.2) is 30.3 Å². The second-order valence-electron chi connectivity index (χ2n) is 6.01. The SMILES string of the molecule is CC(=O)CCCCCCC(=O)CCC(C)c1ccccc1. The van der Waals surface area contributed by atoms with Gasteiger partial charge >= 0.3 is 0 Å². The van der Waals surface area contributed by atoms with Gasteiger partial charge < -0.3 is 4.79 Å². The number of hydrogen-bond acceptors (Lipinski definition) is 2. The fourth-order valence-corrected chi connectivity index (χ4v) is 2.50. The van der Waals surface area contributed by atoms with Crippen molar-refractivity contribution in [1.82, 2.24) is 0 Å². The summed E-state index contributed by atoms with van der Waals surface area (Å²) < 4.78 is 0. The topological polar surface area (TPSA) is 34.1 Å². The molecule has 0 fully saturated rings. The van der Waals surface area contributed by atoms with Crippen LogP contribution < -0.4 is 0 Å². The van der Waals surface area contributed by atoms with Crippen molar-refractivity contribution < 1.29 is 9.59 Å². The first-order valence-electron chi connectivity index (χ1n) is 8.15. The molecule has 0 saturated heterocycles. The van der Waals surface area contributed by atoms with Crippen LogP contribution in [-0.4, -0.2) is 11.6 Å². The Morgan fingerprint density at radius 3 is 2.14 bits per heavy atom. The molecule has 0 spiro atoms. The molecule has 1 aromatic carbocycles. The number of carbonyl (C=O) groups is 2. The van der Waals surface area contributed by atoms with Crippen LogP contribution in [0.1, 0.15) is 76.7 Å². The molecule has 0 radical (unpaired) electrons. The lowest BCUT2D eigenvalue weighted by molar-refractivity contribution is -0.119. The van der Waals surface area contributed by atoms with Gasteiger partial charge in [0.05, 0.1) is 0 Å². The van der Waals surface area contributed by atoms with Crippen LogP contribution in [0.2, 0.25) is 0 Å². The predicted octanol–water partition coefficient (Wildman–Crippen LogP) is 5.07. The molecule has 1 aromatic rings. The number of rotatable bonds is 11. The van der Waals surface area contributed by atoms with Gasteiger partial charge in [-0.05, 0) is 37.7 Å². The van der Waals surface area contributed by atoms with E-state index in [4.69, 9.17) is 0 Å². The molecule has 0 aliphatic rings. The highest BCUT2D eigenvalue weighted by Gasteiger charge is 2.08. The van der Waals surface area contributed by atoms with E-state index in [9.17, 15) is 9.59 Å². The van der Waals surface area contributed by atoms with Crippen molar-refractivity contribution in [3.63, 3.8) is 0 Å². The average Bonchev–Trinajstić information content (AvgIpc) is 2.49. The van der Waals surface area contributed by atoms with E-state index in [1.165, 1.54) is 5.56 Å². The van der Waals surface area contributed by atoms with Gasteiger partial charge in [-0.1, -0.05) is 50.1 Å². The van der Waals surface area contributed by atoms with E-state index >= 15 is 0 Å². The maximum atomic E-state index is 11.9.